The van der Waals surface area contributed by atoms with Crippen molar-refractivity contribution in [3.8, 4) is 0 Å². The first-order chi connectivity index (χ1) is 11.7. The molecule has 0 aliphatic carbocycles. The first-order valence-electron chi connectivity index (χ1n) is 8.07. The molecule has 7 nitrogen and oxygen atoms in total. The summed E-state index contributed by atoms with van der Waals surface area (Å²) in [5.74, 6) is 1.49. The Balaban J connectivity index is 1.79. The van der Waals surface area contributed by atoms with Crippen molar-refractivity contribution >= 4 is 28.5 Å². The normalized spacial score (nSPS) is 15.0. The van der Waals surface area contributed by atoms with E-state index in [1.165, 1.54) is 5.56 Å². The van der Waals surface area contributed by atoms with E-state index in [1.807, 2.05) is 25.2 Å². The van der Waals surface area contributed by atoms with Crippen molar-refractivity contribution in [3.05, 3.63) is 36.0 Å². The van der Waals surface area contributed by atoms with Crippen molar-refractivity contribution < 1.29 is 4.74 Å². The van der Waals surface area contributed by atoms with Crippen molar-refractivity contribution in [1.29, 1.82) is 0 Å². The van der Waals surface area contributed by atoms with Gasteiger partial charge in [0, 0.05) is 25.8 Å². The minimum Gasteiger partial charge on any atom is -0.378 e. The quantitative estimate of drug-likeness (QED) is 0.797. The van der Waals surface area contributed by atoms with Crippen LogP contribution in [-0.2, 0) is 11.8 Å². The van der Waals surface area contributed by atoms with E-state index in [9.17, 15) is 0 Å². The van der Waals surface area contributed by atoms with Crippen LogP contribution in [-0.4, -0.2) is 46.1 Å². The predicted octanol–water partition coefficient (Wildman–Crippen LogP) is 2.25. The van der Waals surface area contributed by atoms with Crippen molar-refractivity contribution in [2.24, 2.45) is 7.05 Å². The highest BCUT2D eigenvalue weighted by molar-refractivity contribution is 5.89. The fraction of sp³-hybridized carbons (Fsp3) is 0.353. The molecule has 1 N–H and O–H groups in total. The molecule has 0 radical (unpaired) electrons. The molecule has 1 aromatic carbocycles. The van der Waals surface area contributed by atoms with Gasteiger partial charge in [-0.25, -0.2) is 0 Å². The number of para-hydroxylation sites is 1. The maximum atomic E-state index is 5.43. The molecule has 0 saturated carbocycles. The van der Waals surface area contributed by atoms with Gasteiger partial charge in [-0.1, -0.05) is 18.2 Å². The van der Waals surface area contributed by atoms with Gasteiger partial charge in [0.2, 0.25) is 5.95 Å². The van der Waals surface area contributed by atoms with Crippen LogP contribution in [0.25, 0.3) is 11.0 Å². The first kappa shape index (κ1) is 14.9. The summed E-state index contributed by atoms with van der Waals surface area (Å²) in [6.45, 7) is 5.08. The third kappa shape index (κ3) is 2.67. The topological polar surface area (TPSA) is 68.1 Å². The maximum absolute atomic E-state index is 5.43. The second kappa shape index (κ2) is 6.09. The molecule has 1 aliphatic heterocycles. The van der Waals surface area contributed by atoms with Crippen molar-refractivity contribution in [2.45, 2.75) is 6.92 Å². The molecule has 124 valence electrons. The highest BCUT2D eigenvalue weighted by atomic mass is 16.5. The van der Waals surface area contributed by atoms with Gasteiger partial charge in [0.15, 0.2) is 5.65 Å². The second-order valence-corrected chi connectivity index (χ2v) is 5.92. The lowest BCUT2D eigenvalue weighted by molar-refractivity contribution is 0.122. The highest BCUT2D eigenvalue weighted by Crippen LogP contribution is 2.27. The van der Waals surface area contributed by atoms with Crippen LogP contribution in [0, 0.1) is 6.92 Å². The van der Waals surface area contributed by atoms with Gasteiger partial charge in [-0.05, 0) is 18.6 Å². The number of nitrogens with one attached hydrogen (secondary N) is 1. The largest absolute Gasteiger partial charge is 0.378 e. The monoisotopic (exact) mass is 324 g/mol. The molecule has 0 unspecified atom stereocenters. The fourth-order valence-electron chi connectivity index (χ4n) is 2.85. The average Bonchev–Trinajstić information content (AvgIpc) is 2.99. The SMILES string of the molecule is Cc1ccccc1Nc1nc(N2CCOCC2)nc2c1cnn2C. The number of morpholine rings is 1. The third-order valence-electron chi connectivity index (χ3n) is 4.27. The molecule has 0 bridgehead atoms. The highest BCUT2D eigenvalue weighted by Gasteiger charge is 2.18. The molecule has 0 atom stereocenters. The summed E-state index contributed by atoms with van der Waals surface area (Å²) in [7, 11) is 1.90. The Bertz CT molecular complexity index is 869. The molecule has 24 heavy (non-hydrogen) atoms. The van der Waals surface area contributed by atoms with E-state index in [2.05, 4.69) is 28.3 Å². The van der Waals surface area contributed by atoms with E-state index in [4.69, 9.17) is 14.7 Å². The summed E-state index contributed by atoms with van der Waals surface area (Å²) < 4.78 is 7.21. The van der Waals surface area contributed by atoms with E-state index >= 15 is 0 Å². The zero-order valence-electron chi connectivity index (χ0n) is 13.9. The fourth-order valence-corrected chi connectivity index (χ4v) is 2.85. The number of rotatable bonds is 3. The average molecular weight is 324 g/mol. The smallest absolute Gasteiger partial charge is 0.229 e. The second-order valence-electron chi connectivity index (χ2n) is 5.92. The number of ether oxygens (including phenoxy) is 1. The zero-order chi connectivity index (χ0) is 16.5. The Morgan fingerprint density at radius 1 is 1.12 bits per heavy atom. The standard InChI is InChI=1S/C17H20N6O/c1-12-5-3-4-6-14(12)19-15-13-11-18-22(2)16(13)21-17(20-15)23-7-9-24-10-8-23/h3-6,11H,7-10H2,1-2H3,(H,19,20,21). The summed E-state index contributed by atoms with van der Waals surface area (Å²) >= 11 is 0. The van der Waals surface area contributed by atoms with Crippen molar-refractivity contribution in [3.63, 3.8) is 0 Å². The van der Waals surface area contributed by atoms with Gasteiger partial charge in [-0.15, -0.1) is 0 Å². The minimum absolute atomic E-state index is 0.702. The maximum Gasteiger partial charge on any atom is 0.229 e. The van der Waals surface area contributed by atoms with E-state index in [-0.39, 0.29) is 0 Å². The number of benzene rings is 1. The number of nitrogens with zero attached hydrogens (tertiary/aromatic N) is 5. The van der Waals surface area contributed by atoms with E-state index in [0.29, 0.717) is 19.2 Å². The number of hydrogen-bond donors (Lipinski definition) is 1. The molecular formula is C17H20N6O. The van der Waals surface area contributed by atoms with Crippen LogP contribution in [0.4, 0.5) is 17.5 Å². The number of aromatic nitrogens is 4. The van der Waals surface area contributed by atoms with Crippen LogP contribution in [0.1, 0.15) is 5.56 Å². The molecule has 7 heteroatoms. The molecule has 2 aromatic heterocycles. The van der Waals surface area contributed by atoms with Gasteiger partial charge in [-0.3, -0.25) is 4.68 Å². The van der Waals surface area contributed by atoms with E-state index in [0.717, 1.165) is 35.6 Å². The molecular weight excluding hydrogens is 304 g/mol. The number of anilines is 3. The zero-order valence-corrected chi connectivity index (χ0v) is 13.9. The van der Waals surface area contributed by atoms with Crippen LogP contribution in [0.2, 0.25) is 0 Å². The predicted molar refractivity (Wildman–Crippen MR) is 93.8 cm³/mol. The van der Waals surface area contributed by atoms with Crippen LogP contribution in [0.5, 0.6) is 0 Å². The van der Waals surface area contributed by atoms with Crippen molar-refractivity contribution in [2.75, 3.05) is 36.5 Å². The Morgan fingerprint density at radius 3 is 2.71 bits per heavy atom. The van der Waals surface area contributed by atoms with Gasteiger partial charge in [-0.2, -0.15) is 15.1 Å². The molecule has 1 aliphatic rings. The molecule has 1 saturated heterocycles. The van der Waals surface area contributed by atoms with Gasteiger partial charge >= 0.3 is 0 Å². The summed E-state index contributed by atoms with van der Waals surface area (Å²) in [6, 6.07) is 8.17. The van der Waals surface area contributed by atoms with Crippen LogP contribution in [0.15, 0.2) is 30.5 Å². The minimum atomic E-state index is 0.702. The van der Waals surface area contributed by atoms with Gasteiger partial charge < -0.3 is 15.0 Å². The number of aryl methyl sites for hydroxylation is 2. The lowest BCUT2D eigenvalue weighted by Crippen LogP contribution is -2.37. The van der Waals surface area contributed by atoms with E-state index in [1.54, 1.807) is 10.9 Å². The summed E-state index contributed by atoms with van der Waals surface area (Å²) in [5.41, 5.74) is 3.03. The third-order valence-corrected chi connectivity index (χ3v) is 4.27. The molecule has 3 heterocycles. The lowest BCUT2D eigenvalue weighted by Gasteiger charge is -2.27. The van der Waals surface area contributed by atoms with Gasteiger partial charge in [0.05, 0.1) is 24.8 Å². The Labute approximate surface area is 140 Å². The Kier molecular flexibility index (Phi) is 3.78. The Morgan fingerprint density at radius 2 is 1.92 bits per heavy atom. The lowest BCUT2D eigenvalue weighted by atomic mass is 10.2. The van der Waals surface area contributed by atoms with Crippen molar-refractivity contribution in [1.82, 2.24) is 19.7 Å². The number of hydrogen-bond acceptors (Lipinski definition) is 6. The summed E-state index contributed by atoms with van der Waals surface area (Å²) in [6.07, 6.45) is 1.80. The van der Waals surface area contributed by atoms with Crippen LogP contribution in [0.3, 0.4) is 0 Å². The first-order valence-corrected chi connectivity index (χ1v) is 8.07. The molecule has 4 rings (SSSR count). The van der Waals surface area contributed by atoms with Crippen LogP contribution >= 0.6 is 0 Å². The van der Waals surface area contributed by atoms with Gasteiger partial charge in [0.1, 0.15) is 5.82 Å². The molecule has 1 fully saturated rings. The summed E-state index contributed by atoms with van der Waals surface area (Å²) in [5, 5.41) is 8.70. The van der Waals surface area contributed by atoms with E-state index < -0.39 is 0 Å². The van der Waals surface area contributed by atoms with Gasteiger partial charge in [0.25, 0.3) is 0 Å². The molecule has 0 amide bonds. The molecule has 3 aromatic rings. The molecule has 0 spiro atoms. The summed E-state index contributed by atoms with van der Waals surface area (Å²) in [4.78, 5) is 11.6. The number of fused-ring (bicyclic) bond motifs is 1. The Hall–Kier alpha value is -2.67. The van der Waals surface area contributed by atoms with Crippen LogP contribution < -0.4 is 10.2 Å².